The highest BCUT2D eigenvalue weighted by Crippen LogP contribution is 2.26. The summed E-state index contributed by atoms with van der Waals surface area (Å²) < 4.78 is 1.46. The molecule has 1 unspecified atom stereocenters. The second-order valence-corrected chi connectivity index (χ2v) is 8.66. The van der Waals surface area contributed by atoms with Gasteiger partial charge >= 0.3 is 9.33 Å². The van der Waals surface area contributed by atoms with Crippen LogP contribution in [0.1, 0.15) is 13.8 Å². The number of rotatable bonds is 5. The van der Waals surface area contributed by atoms with E-state index in [9.17, 15) is 25.0 Å². The Balaban J connectivity index is 0. The Kier molecular flexibility index (Phi) is 9.68. The smallest absolute Gasteiger partial charge is 0.360 e. The van der Waals surface area contributed by atoms with Gasteiger partial charge < -0.3 is 9.84 Å². The zero-order valence-electron chi connectivity index (χ0n) is 9.84. The average molecular weight is 475 g/mol. The standard InChI is InChI=1S/C4H5Br2NO4.C3H6BrNO3/c1-3(8)11-2-4(5,6)7(9)10;1-3(4,2-6)5(7)8/h2H2,1H3;6H,2H2,1H3. The molecular weight excluding hydrogens is 464 g/mol. The van der Waals surface area contributed by atoms with Crippen molar-refractivity contribution >= 4 is 53.8 Å². The van der Waals surface area contributed by atoms with Crippen molar-refractivity contribution in [1.82, 2.24) is 0 Å². The molecule has 0 aliphatic rings. The first kappa shape index (κ1) is 21.0. The Morgan fingerprint density at radius 1 is 1.26 bits per heavy atom. The van der Waals surface area contributed by atoms with Crippen LogP contribution in [-0.4, -0.2) is 41.9 Å². The molecule has 112 valence electrons. The third-order valence-electron chi connectivity index (χ3n) is 1.39. The van der Waals surface area contributed by atoms with Gasteiger partial charge in [0.2, 0.25) is 0 Å². The Morgan fingerprint density at radius 2 is 1.68 bits per heavy atom. The molecule has 0 spiro atoms. The topological polar surface area (TPSA) is 133 Å². The van der Waals surface area contributed by atoms with Gasteiger partial charge in [-0.2, -0.15) is 0 Å². The van der Waals surface area contributed by atoms with Crippen LogP contribution in [0.5, 0.6) is 0 Å². The number of hydrogen-bond donors (Lipinski definition) is 1. The minimum Gasteiger partial charge on any atom is -0.456 e. The van der Waals surface area contributed by atoms with Gasteiger partial charge in [-0.15, -0.1) is 0 Å². The summed E-state index contributed by atoms with van der Waals surface area (Å²) in [6.45, 7) is 1.61. The van der Waals surface area contributed by atoms with E-state index in [0.717, 1.165) is 0 Å². The normalized spacial score (nSPS) is 13.6. The molecule has 1 atom stereocenters. The van der Waals surface area contributed by atoms with Crippen molar-refractivity contribution in [3.63, 3.8) is 0 Å². The average Bonchev–Trinajstić information content (AvgIpc) is 2.27. The van der Waals surface area contributed by atoms with Gasteiger partial charge in [-0.25, -0.2) is 0 Å². The van der Waals surface area contributed by atoms with Gasteiger partial charge in [-0.05, 0) is 0 Å². The minimum atomic E-state index is -1.56. The van der Waals surface area contributed by atoms with Crippen LogP contribution in [0.25, 0.3) is 0 Å². The molecule has 0 aliphatic carbocycles. The van der Waals surface area contributed by atoms with E-state index in [4.69, 9.17) is 5.11 Å². The van der Waals surface area contributed by atoms with E-state index < -0.39 is 30.2 Å². The first-order valence-electron chi connectivity index (χ1n) is 4.46. The summed E-state index contributed by atoms with van der Waals surface area (Å²) in [7, 11) is 0. The number of aliphatic hydroxyl groups is 1. The fourth-order valence-corrected chi connectivity index (χ4v) is 0.528. The van der Waals surface area contributed by atoms with Crippen molar-refractivity contribution < 1.29 is 24.5 Å². The van der Waals surface area contributed by atoms with Gasteiger partial charge in [0.05, 0.1) is 4.92 Å². The van der Waals surface area contributed by atoms with Crippen LogP contribution in [0.15, 0.2) is 0 Å². The maximum Gasteiger partial charge on any atom is 0.360 e. The monoisotopic (exact) mass is 472 g/mol. The van der Waals surface area contributed by atoms with E-state index in [1.807, 2.05) is 0 Å². The van der Waals surface area contributed by atoms with Crippen LogP contribution >= 0.6 is 47.8 Å². The number of carbonyl (C=O) groups is 1. The molecule has 0 rings (SSSR count). The summed E-state index contributed by atoms with van der Waals surface area (Å²) in [6, 6.07) is 0. The lowest BCUT2D eigenvalue weighted by atomic mass is 10.4. The van der Waals surface area contributed by atoms with E-state index in [1.165, 1.54) is 13.8 Å². The molecule has 0 radical (unpaired) electrons. The SMILES string of the molecule is CC(=O)OCC(Br)(Br)[N+](=O)[O-].CC(Br)(CO)[N+](=O)[O-]. The maximum absolute atomic E-state index is 10.2. The number of esters is 1. The summed E-state index contributed by atoms with van der Waals surface area (Å²) in [5.74, 6) is -0.560. The summed E-state index contributed by atoms with van der Waals surface area (Å²) >= 11 is 8.13. The van der Waals surface area contributed by atoms with E-state index in [1.54, 1.807) is 0 Å². The highest BCUT2D eigenvalue weighted by molar-refractivity contribution is 9.25. The molecule has 0 amide bonds. The van der Waals surface area contributed by atoms with Crippen molar-refractivity contribution in [2.45, 2.75) is 21.7 Å². The molecule has 0 heterocycles. The van der Waals surface area contributed by atoms with Crippen molar-refractivity contribution in [2.24, 2.45) is 0 Å². The molecule has 0 aliphatic heterocycles. The largest absolute Gasteiger partial charge is 0.456 e. The molecule has 1 N–H and O–H groups in total. The Morgan fingerprint density at radius 3 is 1.84 bits per heavy atom. The Labute approximate surface area is 133 Å². The highest BCUT2D eigenvalue weighted by Gasteiger charge is 2.37. The molecule has 12 heteroatoms. The molecule has 0 saturated heterocycles. The van der Waals surface area contributed by atoms with E-state index in [2.05, 4.69) is 52.5 Å². The van der Waals surface area contributed by atoms with E-state index in [-0.39, 0.29) is 6.61 Å². The fraction of sp³-hybridized carbons (Fsp3) is 0.857. The molecule has 0 aromatic heterocycles. The van der Waals surface area contributed by atoms with Crippen molar-refractivity contribution in [3.8, 4) is 0 Å². The van der Waals surface area contributed by atoms with Gasteiger partial charge in [0.15, 0.2) is 6.61 Å². The van der Waals surface area contributed by atoms with Crippen LogP contribution in [0.3, 0.4) is 0 Å². The number of nitro groups is 2. The molecule has 0 fully saturated rings. The van der Waals surface area contributed by atoms with Crippen LogP contribution < -0.4 is 0 Å². The third-order valence-corrected chi connectivity index (χ3v) is 2.96. The van der Waals surface area contributed by atoms with Gasteiger partial charge in [0.25, 0.3) is 4.45 Å². The van der Waals surface area contributed by atoms with Crippen LogP contribution in [0.4, 0.5) is 0 Å². The van der Waals surface area contributed by atoms with Gasteiger partial charge in [-0.1, -0.05) is 0 Å². The quantitative estimate of drug-likeness (QED) is 0.210. The number of alkyl halides is 3. The first-order chi connectivity index (χ1) is 8.36. The predicted octanol–water partition coefficient (Wildman–Crippen LogP) is 1.64. The lowest BCUT2D eigenvalue weighted by Crippen LogP contribution is -2.31. The van der Waals surface area contributed by atoms with Gasteiger partial charge in [0.1, 0.15) is 6.61 Å². The molecule has 0 bridgehead atoms. The molecule has 0 aromatic carbocycles. The second kappa shape index (κ2) is 8.76. The van der Waals surface area contributed by atoms with Crippen LogP contribution in [-0.2, 0) is 9.53 Å². The predicted molar refractivity (Wildman–Crippen MR) is 75.6 cm³/mol. The van der Waals surface area contributed by atoms with Crippen LogP contribution in [0.2, 0.25) is 0 Å². The minimum absolute atomic E-state index is 0.352. The molecule has 0 aromatic rings. The number of halogens is 3. The number of hydrogen-bond acceptors (Lipinski definition) is 7. The number of ether oxygens (including phenoxy) is 1. The Hall–Kier alpha value is -0.330. The Bertz CT molecular complexity index is 348. The van der Waals surface area contributed by atoms with Crippen molar-refractivity contribution in [3.05, 3.63) is 20.2 Å². The second-order valence-electron chi connectivity index (χ2n) is 3.26. The lowest BCUT2D eigenvalue weighted by molar-refractivity contribution is -0.534. The van der Waals surface area contributed by atoms with E-state index >= 15 is 0 Å². The first-order valence-corrected chi connectivity index (χ1v) is 6.84. The summed E-state index contributed by atoms with van der Waals surface area (Å²) in [6.07, 6.45) is 0. The van der Waals surface area contributed by atoms with Gasteiger partial charge in [0, 0.05) is 66.6 Å². The number of carbonyl (C=O) groups excluding carboxylic acids is 1. The number of nitrogens with zero attached hydrogens (tertiary/aromatic N) is 2. The zero-order valence-corrected chi connectivity index (χ0v) is 14.6. The van der Waals surface area contributed by atoms with Crippen molar-refractivity contribution in [2.75, 3.05) is 13.2 Å². The number of aliphatic hydroxyl groups excluding tert-OH is 1. The lowest BCUT2D eigenvalue weighted by Gasteiger charge is -2.10. The van der Waals surface area contributed by atoms with Crippen molar-refractivity contribution in [1.29, 1.82) is 0 Å². The third kappa shape index (κ3) is 10.2. The zero-order chi connectivity index (χ0) is 15.9. The van der Waals surface area contributed by atoms with Gasteiger partial charge in [-0.3, -0.25) is 25.0 Å². The molecule has 9 nitrogen and oxygen atoms in total. The highest BCUT2D eigenvalue weighted by atomic mass is 79.9. The fourth-order valence-electron chi connectivity index (χ4n) is 0.299. The molecule has 0 saturated carbocycles. The van der Waals surface area contributed by atoms with E-state index in [0.29, 0.717) is 0 Å². The summed E-state index contributed by atoms with van der Waals surface area (Å²) in [5, 5.41) is 28.3. The molecular formula is C7H11Br3N2O7. The van der Waals surface area contributed by atoms with Crippen LogP contribution in [0, 0.1) is 20.2 Å². The summed E-state index contributed by atoms with van der Waals surface area (Å²) in [5.41, 5.74) is 0. The molecule has 19 heavy (non-hydrogen) atoms. The maximum atomic E-state index is 10.2. The summed E-state index contributed by atoms with van der Waals surface area (Å²) in [4.78, 5) is 29.0.